The Labute approximate surface area is 209 Å². The van der Waals surface area contributed by atoms with E-state index in [2.05, 4.69) is 30.6 Å². The summed E-state index contributed by atoms with van der Waals surface area (Å²) < 4.78 is 4.26. The predicted molar refractivity (Wildman–Crippen MR) is 141 cm³/mol. The van der Waals surface area contributed by atoms with Crippen LogP contribution in [0.4, 0.5) is 0 Å². The first-order valence-electron chi connectivity index (χ1n) is 11.1. The molecule has 35 heavy (non-hydrogen) atoms. The number of fused-ring (bicyclic) bond motifs is 2. The van der Waals surface area contributed by atoms with Gasteiger partial charge in [0.2, 0.25) is 0 Å². The number of nitrogens with zero attached hydrogens (tertiary/aromatic N) is 4. The fourth-order valence-corrected chi connectivity index (χ4v) is 4.48. The molecule has 0 saturated carbocycles. The van der Waals surface area contributed by atoms with E-state index in [1.165, 1.54) is 4.68 Å². The first-order valence-corrected chi connectivity index (χ1v) is 11.9. The van der Waals surface area contributed by atoms with Gasteiger partial charge in [-0.2, -0.15) is 9.78 Å². The Morgan fingerprint density at radius 3 is 2.60 bits per heavy atom. The van der Waals surface area contributed by atoms with Gasteiger partial charge in [0.15, 0.2) is 0 Å². The van der Waals surface area contributed by atoms with Crippen molar-refractivity contribution in [1.82, 2.24) is 14.2 Å². The second-order valence-corrected chi connectivity index (χ2v) is 9.05. The van der Waals surface area contributed by atoms with E-state index in [4.69, 9.17) is 5.11 Å². The number of halogens is 1. The molecule has 0 radical (unpaired) electrons. The summed E-state index contributed by atoms with van der Waals surface area (Å²) in [5.74, 6) is -0.359. The maximum absolute atomic E-state index is 13.2. The average molecular weight is 529 g/mol. The van der Waals surface area contributed by atoms with Crippen LogP contribution < -0.4 is 5.56 Å². The molecule has 0 fully saturated rings. The van der Waals surface area contributed by atoms with Crippen molar-refractivity contribution >= 4 is 49.9 Å². The molecule has 1 N–H and O–H groups in total. The number of carbonyl (C=O) groups is 1. The molecule has 0 spiro atoms. The van der Waals surface area contributed by atoms with Gasteiger partial charge < -0.3 is 9.67 Å². The highest BCUT2D eigenvalue weighted by Crippen LogP contribution is 2.22. The maximum atomic E-state index is 13.2. The zero-order chi connectivity index (χ0) is 24.5. The largest absolute Gasteiger partial charge is 0.478 e. The number of hydrogen-bond donors (Lipinski definition) is 1. The molecule has 174 valence electrons. The fraction of sp³-hybridized carbons (Fsp3) is 0.111. The standard InChI is InChI=1S/C27H21BrN4O3/c1-2-25-30-23-12-11-20(28)13-22(23)26(33)32(25)29-14-19-16-31(24-6-4-3-5-21(19)24)15-17-7-9-18(10-8-17)27(34)35/h3-14,16H,2,15H2,1H3,(H,34,35). The lowest BCUT2D eigenvalue weighted by atomic mass is 10.1. The Kier molecular flexibility index (Phi) is 6.05. The zero-order valence-electron chi connectivity index (χ0n) is 18.9. The van der Waals surface area contributed by atoms with Crippen molar-refractivity contribution in [3.63, 3.8) is 0 Å². The normalized spacial score (nSPS) is 11.6. The smallest absolute Gasteiger partial charge is 0.335 e. The SMILES string of the molecule is CCc1nc2ccc(Br)cc2c(=O)n1N=Cc1cn(Cc2ccc(C(=O)O)cc2)c2ccccc12. The quantitative estimate of drug-likeness (QED) is 0.302. The number of para-hydroxylation sites is 1. The molecule has 2 heterocycles. The van der Waals surface area contributed by atoms with Crippen LogP contribution in [0, 0.1) is 0 Å². The minimum atomic E-state index is -0.946. The predicted octanol–water partition coefficient (Wildman–Crippen LogP) is 5.30. The van der Waals surface area contributed by atoms with E-state index in [-0.39, 0.29) is 11.1 Å². The van der Waals surface area contributed by atoms with E-state index >= 15 is 0 Å². The molecule has 0 saturated heterocycles. The molecule has 0 aliphatic heterocycles. The lowest BCUT2D eigenvalue weighted by Gasteiger charge is -2.07. The molecule has 0 aliphatic carbocycles. The van der Waals surface area contributed by atoms with Crippen molar-refractivity contribution in [3.05, 3.63) is 110 Å². The van der Waals surface area contributed by atoms with Crippen LogP contribution >= 0.6 is 15.9 Å². The van der Waals surface area contributed by atoms with Gasteiger partial charge in [0.1, 0.15) is 5.82 Å². The van der Waals surface area contributed by atoms with Crippen LogP contribution in [0.5, 0.6) is 0 Å². The number of aryl methyl sites for hydroxylation is 1. The summed E-state index contributed by atoms with van der Waals surface area (Å²) >= 11 is 3.42. The molecule has 5 rings (SSSR count). The van der Waals surface area contributed by atoms with Crippen molar-refractivity contribution in [2.75, 3.05) is 0 Å². The Hall–Kier alpha value is -4.04. The Morgan fingerprint density at radius 2 is 1.86 bits per heavy atom. The maximum Gasteiger partial charge on any atom is 0.335 e. The minimum absolute atomic E-state index is 0.216. The number of aromatic carboxylic acids is 1. The van der Waals surface area contributed by atoms with E-state index in [0.717, 1.165) is 26.5 Å². The van der Waals surface area contributed by atoms with Crippen molar-refractivity contribution in [1.29, 1.82) is 0 Å². The number of carboxylic acid groups (broad SMARTS) is 1. The molecular weight excluding hydrogens is 508 g/mol. The molecule has 2 aromatic heterocycles. The van der Waals surface area contributed by atoms with Crippen molar-refractivity contribution in [3.8, 4) is 0 Å². The van der Waals surface area contributed by atoms with Gasteiger partial charge in [-0.1, -0.05) is 53.2 Å². The topological polar surface area (TPSA) is 89.5 Å². The summed E-state index contributed by atoms with van der Waals surface area (Å²) in [4.78, 5) is 29.0. The molecule has 3 aromatic carbocycles. The second kappa shape index (κ2) is 9.31. The number of benzene rings is 3. The third-order valence-electron chi connectivity index (χ3n) is 5.88. The van der Waals surface area contributed by atoms with Gasteiger partial charge in [-0.05, 0) is 42.0 Å². The molecule has 0 amide bonds. The van der Waals surface area contributed by atoms with Crippen LogP contribution in [-0.4, -0.2) is 31.5 Å². The minimum Gasteiger partial charge on any atom is -0.478 e. The molecule has 5 aromatic rings. The van der Waals surface area contributed by atoms with E-state index < -0.39 is 5.97 Å². The number of rotatable bonds is 6. The highest BCUT2D eigenvalue weighted by Gasteiger charge is 2.11. The van der Waals surface area contributed by atoms with Crippen LogP contribution in [0.15, 0.2) is 87.3 Å². The fourth-order valence-electron chi connectivity index (χ4n) is 4.12. The molecule has 0 atom stereocenters. The van der Waals surface area contributed by atoms with Crippen LogP contribution in [0.3, 0.4) is 0 Å². The lowest BCUT2D eigenvalue weighted by Crippen LogP contribution is -2.22. The monoisotopic (exact) mass is 528 g/mol. The van der Waals surface area contributed by atoms with E-state index in [1.54, 1.807) is 24.4 Å². The molecule has 0 bridgehead atoms. The van der Waals surface area contributed by atoms with Crippen molar-refractivity contribution in [2.45, 2.75) is 19.9 Å². The average Bonchev–Trinajstić information content (AvgIpc) is 3.21. The second-order valence-electron chi connectivity index (χ2n) is 8.14. The van der Waals surface area contributed by atoms with Crippen LogP contribution in [0.25, 0.3) is 21.8 Å². The number of aromatic nitrogens is 3. The van der Waals surface area contributed by atoms with Gasteiger partial charge in [-0.15, -0.1) is 0 Å². The number of hydrogen-bond acceptors (Lipinski definition) is 4. The van der Waals surface area contributed by atoms with Gasteiger partial charge in [-0.25, -0.2) is 9.78 Å². The highest BCUT2D eigenvalue weighted by atomic mass is 79.9. The molecule has 0 aliphatic rings. The summed E-state index contributed by atoms with van der Waals surface area (Å²) in [6.07, 6.45) is 4.24. The van der Waals surface area contributed by atoms with Crippen LogP contribution in [0.1, 0.15) is 34.2 Å². The van der Waals surface area contributed by atoms with Crippen LogP contribution in [0.2, 0.25) is 0 Å². The summed E-state index contributed by atoms with van der Waals surface area (Å²) in [6, 6.07) is 20.3. The third kappa shape index (κ3) is 4.40. The third-order valence-corrected chi connectivity index (χ3v) is 6.37. The van der Waals surface area contributed by atoms with Gasteiger partial charge in [0.05, 0.1) is 22.7 Å². The Morgan fingerprint density at radius 1 is 1.09 bits per heavy atom. The molecular formula is C27H21BrN4O3. The van der Waals surface area contributed by atoms with Gasteiger partial charge >= 0.3 is 5.97 Å². The first-order chi connectivity index (χ1) is 16.9. The number of carboxylic acids is 1. The Bertz CT molecular complexity index is 1670. The lowest BCUT2D eigenvalue weighted by molar-refractivity contribution is 0.0697. The van der Waals surface area contributed by atoms with Gasteiger partial charge in [-0.3, -0.25) is 4.79 Å². The zero-order valence-corrected chi connectivity index (χ0v) is 20.4. The molecule has 8 heteroatoms. The summed E-state index contributed by atoms with van der Waals surface area (Å²) in [5.41, 5.74) is 3.55. The van der Waals surface area contributed by atoms with Crippen molar-refractivity contribution in [2.24, 2.45) is 5.10 Å². The molecule has 0 unspecified atom stereocenters. The molecule has 7 nitrogen and oxygen atoms in total. The summed E-state index contributed by atoms with van der Waals surface area (Å²) in [6.45, 7) is 2.51. The van der Waals surface area contributed by atoms with Crippen LogP contribution in [-0.2, 0) is 13.0 Å². The van der Waals surface area contributed by atoms with Gasteiger partial charge in [0, 0.05) is 40.1 Å². The highest BCUT2D eigenvalue weighted by molar-refractivity contribution is 9.10. The Balaban J connectivity index is 1.56. The van der Waals surface area contributed by atoms with Crippen molar-refractivity contribution < 1.29 is 9.90 Å². The van der Waals surface area contributed by atoms with E-state index in [9.17, 15) is 9.59 Å². The summed E-state index contributed by atoms with van der Waals surface area (Å²) in [7, 11) is 0. The first kappa shape index (κ1) is 22.7. The van der Waals surface area contributed by atoms with Gasteiger partial charge in [0.25, 0.3) is 5.56 Å². The van der Waals surface area contributed by atoms with E-state index in [0.29, 0.717) is 29.7 Å². The summed E-state index contributed by atoms with van der Waals surface area (Å²) in [5, 5.41) is 15.2. The van der Waals surface area contributed by atoms with E-state index in [1.807, 2.05) is 61.7 Å².